The van der Waals surface area contributed by atoms with Gasteiger partial charge in [-0.05, 0) is 71.1 Å². The molecule has 0 aliphatic heterocycles. The SMILES string of the molecule is O=C(Nc1ccc(Br)cc1I)c1ccc(-c2ccc(Cl)cc2Cl)o1. The number of hydrogen-bond donors (Lipinski definition) is 1. The molecule has 0 radical (unpaired) electrons. The maximum Gasteiger partial charge on any atom is 0.291 e. The highest BCUT2D eigenvalue weighted by molar-refractivity contribution is 14.1. The smallest absolute Gasteiger partial charge is 0.291 e. The van der Waals surface area contributed by atoms with Gasteiger partial charge in [0.1, 0.15) is 5.76 Å². The first kappa shape index (κ1) is 17.8. The molecule has 0 unspecified atom stereocenters. The minimum atomic E-state index is -0.327. The van der Waals surface area contributed by atoms with Crippen LogP contribution in [0.1, 0.15) is 10.6 Å². The first-order chi connectivity index (χ1) is 11.4. The van der Waals surface area contributed by atoms with Crippen molar-refractivity contribution in [3.63, 3.8) is 0 Å². The van der Waals surface area contributed by atoms with E-state index in [1.54, 1.807) is 30.3 Å². The predicted molar refractivity (Wildman–Crippen MR) is 109 cm³/mol. The van der Waals surface area contributed by atoms with Gasteiger partial charge in [-0.3, -0.25) is 4.79 Å². The molecule has 2 aromatic carbocycles. The zero-order chi connectivity index (χ0) is 17.3. The minimum absolute atomic E-state index is 0.203. The summed E-state index contributed by atoms with van der Waals surface area (Å²) in [5.41, 5.74) is 1.39. The molecule has 1 amide bonds. The van der Waals surface area contributed by atoms with E-state index in [2.05, 4.69) is 43.8 Å². The lowest BCUT2D eigenvalue weighted by atomic mass is 10.2. The number of rotatable bonds is 3. The fourth-order valence-electron chi connectivity index (χ4n) is 2.07. The van der Waals surface area contributed by atoms with Crippen LogP contribution in [-0.4, -0.2) is 5.91 Å². The molecule has 0 bridgehead atoms. The van der Waals surface area contributed by atoms with Crippen molar-refractivity contribution in [2.24, 2.45) is 0 Å². The topological polar surface area (TPSA) is 42.2 Å². The largest absolute Gasteiger partial charge is 0.451 e. The van der Waals surface area contributed by atoms with Gasteiger partial charge in [-0.1, -0.05) is 39.1 Å². The van der Waals surface area contributed by atoms with Crippen molar-refractivity contribution in [3.05, 3.63) is 72.4 Å². The van der Waals surface area contributed by atoms with Gasteiger partial charge in [0, 0.05) is 18.6 Å². The third-order valence-electron chi connectivity index (χ3n) is 3.21. The van der Waals surface area contributed by atoms with Crippen LogP contribution >= 0.6 is 61.7 Å². The van der Waals surface area contributed by atoms with Gasteiger partial charge < -0.3 is 9.73 Å². The summed E-state index contributed by atoms with van der Waals surface area (Å²) in [6, 6.07) is 14.0. The molecule has 0 atom stereocenters. The average molecular weight is 537 g/mol. The van der Waals surface area contributed by atoms with Gasteiger partial charge in [-0.25, -0.2) is 0 Å². The Morgan fingerprint density at radius 1 is 1.08 bits per heavy atom. The summed E-state index contributed by atoms with van der Waals surface area (Å²) in [6.45, 7) is 0. The number of carbonyl (C=O) groups is 1. The van der Waals surface area contributed by atoms with Crippen LogP contribution < -0.4 is 5.32 Å². The second-order valence-corrected chi connectivity index (χ2v) is 7.79. The lowest BCUT2D eigenvalue weighted by molar-refractivity contribution is 0.0997. The molecule has 0 spiro atoms. The number of carbonyl (C=O) groups excluding carboxylic acids is 1. The number of nitrogens with one attached hydrogen (secondary N) is 1. The molecule has 1 N–H and O–H groups in total. The molecule has 3 aromatic rings. The Balaban J connectivity index is 1.83. The van der Waals surface area contributed by atoms with Crippen LogP contribution in [0.25, 0.3) is 11.3 Å². The summed E-state index contributed by atoms with van der Waals surface area (Å²) in [6.07, 6.45) is 0. The van der Waals surface area contributed by atoms with E-state index in [0.29, 0.717) is 27.1 Å². The van der Waals surface area contributed by atoms with Crippen LogP contribution in [0.2, 0.25) is 10.0 Å². The standard InChI is InChI=1S/C17H9BrCl2INO2/c18-9-1-4-14(13(21)7-9)22-17(23)16-6-5-15(24-16)11-3-2-10(19)8-12(11)20/h1-8H,(H,22,23). The third-order valence-corrected chi connectivity index (χ3v) is 5.14. The summed E-state index contributed by atoms with van der Waals surface area (Å²) >= 11 is 17.6. The van der Waals surface area contributed by atoms with E-state index in [1.807, 2.05) is 18.2 Å². The van der Waals surface area contributed by atoms with E-state index < -0.39 is 0 Å². The van der Waals surface area contributed by atoms with Crippen molar-refractivity contribution >= 4 is 73.3 Å². The molecule has 0 aliphatic rings. The molecule has 3 rings (SSSR count). The molecule has 24 heavy (non-hydrogen) atoms. The summed E-state index contributed by atoms with van der Waals surface area (Å²) in [5.74, 6) is 0.383. The van der Waals surface area contributed by atoms with E-state index in [4.69, 9.17) is 27.6 Å². The molecule has 7 heteroatoms. The zero-order valence-corrected chi connectivity index (χ0v) is 17.2. The Bertz CT molecular complexity index is 927. The van der Waals surface area contributed by atoms with Gasteiger partial charge in [0.05, 0.1) is 10.7 Å². The van der Waals surface area contributed by atoms with Crippen LogP contribution in [0, 0.1) is 3.57 Å². The van der Waals surface area contributed by atoms with Gasteiger partial charge >= 0.3 is 0 Å². The van der Waals surface area contributed by atoms with Crippen molar-refractivity contribution in [3.8, 4) is 11.3 Å². The van der Waals surface area contributed by atoms with Crippen molar-refractivity contribution in [2.45, 2.75) is 0 Å². The van der Waals surface area contributed by atoms with Crippen molar-refractivity contribution in [1.29, 1.82) is 0 Å². The molecule has 1 aromatic heterocycles. The quantitative estimate of drug-likeness (QED) is 0.371. The van der Waals surface area contributed by atoms with Gasteiger partial charge in [-0.15, -0.1) is 0 Å². The Morgan fingerprint density at radius 3 is 2.58 bits per heavy atom. The Kier molecular flexibility index (Phi) is 5.54. The molecule has 0 fully saturated rings. The van der Waals surface area contributed by atoms with E-state index in [9.17, 15) is 4.79 Å². The van der Waals surface area contributed by atoms with Gasteiger partial charge in [-0.2, -0.15) is 0 Å². The number of amides is 1. The van der Waals surface area contributed by atoms with E-state index in [1.165, 1.54) is 0 Å². The number of hydrogen-bond acceptors (Lipinski definition) is 2. The fourth-order valence-corrected chi connectivity index (χ4v) is 4.01. The Hall–Kier alpha value is -1.02. The maximum atomic E-state index is 12.4. The van der Waals surface area contributed by atoms with Crippen LogP contribution in [-0.2, 0) is 0 Å². The second kappa shape index (κ2) is 7.47. The Morgan fingerprint density at radius 2 is 1.88 bits per heavy atom. The highest BCUT2D eigenvalue weighted by Crippen LogP contribution is 2.32. The molecule has 122 valence electrons. The van der Waals surface area contributed by atoms with Crippen LogP contribution in [0.3, 0.4) is 0 Å². The monoisotopic (exact) mass is 535 g/mol. The molecule has 0 aliphatic carbocycles. The summed E-state index contributed by atoms with van der Waals surface area (Å²) in [5, 5.41) is 3.83. The van der Waals surface area contributed by atoms with Gasteiger partial charge in [0.25, 0.3) is 5.91 Å². The highest BCUT2D eigenvalue weighted by Gasteiger charge is 2.15. The highest BCUT2D eigenvalue weighted by atomic mass is 127. The second-order valence-electron chi connectivity index (χ2n) is 4.87. The zero-order valence-electron chi connectivity index (χ0n) is 11.9. The minimum Gasteiger partial charge on any atom is -0.451 e. The summed E-state index contributed by atoms with van der Waals surface area (Å²) in [7, 11) is 0. The van der Waals surface area contributed by atoms with E-state index in [0.717, 1.165) is 8.04 Å². The third kappa shape index (κ3) is 3.96. The molecule has 0 saturated heterocycles. The van der Waals surface area contributed by atoms with Crippen LogP contribution in [0.5, 0.6) is 0 Å². The predicted octanol–water partition coefficient (Wildman–Crippen LogP) is 6.87. The first-order valence-corrected chi connectivity index (χ1v) is 9.38. The maximum absolute atomic E-state index is 12.4. The number of benzene rings is 2. The summed E-state index contributed by atoms with van der Waals surface area (Å²) < 4.78 is 7.50. The van der Waals surface area contributed by atoms with Crippen molar-refractivity contribution in [1.82, 2.24) is 0 Å². The average Bonchev–Trinajstić information content (AvgIpc) is 3.00. The lowest BCUT2D eigenvalue weighted by Gasteiger charge is -2.06. The van der Waals surface area contributed by atoms with Gasteiger partial charge in [0.15, 0.2) is 5.76 Å². The fraction of sp³-hybridized carbons (Fsp3) is 0. The number of anilines is 1. The van der Waals surface area contributed by atoms with Gasteiger partial charge in [0.2, 0.25) is 0 Å². The van der Waals surface area contributed by atoms with Crippen molar-refractivity contribution < 1.29 is 9.21 Å². The van der Waals surface area contributed by atoms with Crippen LogP contribution in [0.4, 0.5) is 5.69 Å². The molecule has 1 heterocycles. The number of halogens is 4. The van der Waals surface area contributed by atoms with E-state index >= 15 is 0 Å². The Labute approximate surface area is 170 Å². The molecule has 3 nitrogen and oxygen atoms in total. The summed E-state index contributed by atoms with van der Waals surface area (Å²) in [4.78, 5) is 12.4. The lowest BCUT2D eigenvalue weighted by Crippen LogP contribution is -2.11. The molecule has 0 saturated carbocycles. The van der Waals surface area contributed by atoms with E-state index in [-0.39, 0.29) is 11.7 Å². The number of furan rings is 1. The normalized spacial score (nSPS) is 10.7. The molecular formula is C17H9BrCl2INO2. The molecular weight excluding hydrogens is 528 g/mol. The van der Waals surface area contributed by atoms with Crippen molar-refractivity contribution in [2.75, 3.05) is 5.32 Å². The first-order valence-electron chi connectivity index (χ1n) is 6.76. The van der Waals surface area contributed by atoms with Crippen LogP contribution in [0.15, 0.2) is 57.4 Å².